The van der Waals surface area contributed by atoms with Crippen LogP contribution in [0, 0.1) is 5.82 Å². The van der Waals surface area contributed by atoms with E-state index in [9.17, 15) is 14.0 Å². The molecule has 0 saturated heterocycles. The summed E-state index contributed by atoms with van der Waals surface area (Å²) < 4.78 is 13.8. The summed E-state index contributed by atoms with van der Waals surface area (Å²) >= 11 is 3.11. The summed E-state index contributed by atoms with van der Waals surface area (Å²) in [5.74, 6) is -1.28. The number of rotatable bonds is 5. The lowest BCUT2D eigenvalue weighted by atomic mass is 10.2. The number of benzene rings is 1. The van der Waals surface area contributed by atoms with Crippen LogP contribution in [-0.2, 0) is 4.79 Å². The average molecular weight is 317 g/mol. The number of carbonyl (C=O) groups is 2. The molecule has 0 bridgehead atoms. The Bertz CT molecular complexity index is 431. The lowest BCUT2D eigenvalue weighted by Crippen LogP contribution is -2.31. The number of hydrogen-bond acceptors (Lipinski definition) is 2. The van der Waals surface area contributed by atoms with Crippen molar-refractivity contribution in [2.24, 2.45) is 0 Å². The van der Waals surface area contributed by atoms with Crippen molar-refractivity contribution in [3.05, 3.63) is 34.1 Å². The molecule has 0 aromatic heterocycles. The average Bonchev–Trinajstić information content (AvgIpc) is 2.29. The topological polar surface area (TPSA) is 58.2 Å². The first-order chi connectivity index (χ1) is 8.56. The summed E-state index contributed by atoms with van der Waals surface area (Å²) in [7, 11) is 0. The molecule has 6 heteroatoms. The third-order valence-electron chi connectivity index (χ3n) is 2.20. The molecule has 0 unspecified atom stereocenters. The molecule has 0 aliphatic carbocycles. The normalized spacial score (nSPS) is 9.94. The maximum Gasteiger partial charge on any atom is 0.255 e. The highest BCUT2D eigenvalue weighted by Gasteiger charge is 2.14. The van der Waals surface area contributed by atoms with Crippen molar-refractivity contribution in [1.29, 1.82) is 0 Å². The number of amides is 2. The maximum absolute atomic E-state index is 13.4. The first-order valence-corrected chi connectivity index (χ1v) is 6.34. The number of halogens is 2. The maximum atomic E-state index is 13.4. The quantitative estimate of drug-likeness (QED) is 0.871. The van der Waals surface area contributed by atoms with Gasteiger partial charge in [-0.3, -0.25) is 9.59 Å². The zero-order valence-electron chi connectivity index (χ0n) is 9.93. The van der Waals surface area contributed by atoms with Crippen LogP contribution < -0.4 is 10.6 Å². The van der Waals surface area contributed by atoms with Gasteiger partial charge in [0.1, 0.15) is 5.82 Å². The molecule has 0 heterocycles. The molecule has 0 saturated carbocycles. The van der Waals surface area contributed by atoms with Gasteiger partial charge in [-0.25, -0.2) is 4.39 Å². The molecule has 0 radical (unpaired) electrons. The van der Waals surface area contributed by atoms with Gasteiger partial charge in [0.2, 0.25) is 5.91 Å². The Morgan fingerprint density at radius 1 is 1.33 bits per heavy atom. The van der Waals surface area contributed by atoms with Gasteiger partial charge in [-0.15, -0.1) is 0 Å². The molecule has 0 spiro atoms. The van der Waals surface area contributed by atoms with Crippen molar-refractivity contribution >= 4 is 27.7 Å². The van der Waals surface area contributed by atoms with Crippen LogP contribution in [0.4, 0.5) is 4.39 Å². The Balaban J connectivity index is 2.53. The van der Waals surface area contributed by atoms with Gasteiger partial charge in [-0.1, -0.05) is 6.07 Å². The zero-order valence-corrected chi connectivity index (χ0v) is 11.5. The standard InChI is InChI=1S/C12H14BrFN2O2/c1-2-15-10(17)6-7-16-12(18)11-8(13)4-3-5-9(11)14/h3-5H,2,6-7H2,1H3,(H,15,17)(H,16,18). The number of nitrogens with one attached hydrogen (secondary N) is 2. The molecule has 4 nitrogen and oxygen atoms in total. The van der Waals surface area contributed by atoms with Crippen molar-refractivity contribution in [3.8, 4) is 0 Å². The van der Waals surface area contributed by atoms with Gasteiger partial charge >= 0.3 is 0 Å². The first kappa shape index (κ1) is 14.6. The Kier molecular flexibility index (Phi) is 5.77. The van der Waals surface area contributed by atoms with Crippen molar-refractivity contribution in [2.75, 3.05) is 13.1 Å². The Hall–Kier alpha value is -1.43. The Labute approximate surface area is 113 Å². The molecule has 0 atom stereocenters. The minimum atomic E-state index is -0.597. The van der Waals surface area contributed by atoms with E-state index >= 15 is 0 Å². The van der Waals surface area contributed by atoms with Crippen molar-refractivity contribution in [3.63, 3.8) is 0 Å². The van der Waals surface area contributed by atoms with E-state index in [1.807, 2.05) is 6.92 Å². The van der Waals surface area contributed by atoms with E-state index in [1.165, 1.54) is 12.1 Å². The van der Waals surface area contributed by atoms with Crippen molar-refractivity contribution < 1.29 is 14.0 Å². The van der Waals surface area contributed by atoms with E-state index < -0.39 is 11.7 Å². The molecule has 98 valence electrons. The minimum Gasteiger partial charge on any atom is -0.356 e. The fraction of sp³-hybridized carbons (Fsp3) is 0.333. The molecular formula is C12H14BrFN2O2. The second-order valence-electron chi connectivity index (χ2n) is 3.56. The summed E-state index contributed by atoms with van der Waals surface area (Å²) in [6.45, 7) is 2.53. The van der Waals surface area contributed by atoms with Gasteiger partial charge in [-0.05, 0) is 35.0 Å². The summed E-state index contributed by atoms with van der Waals surface area (Å²) in [4.78, 5) is 22.9. The molecule has 0 fully saturated rings. The van der Waals surface area contributed by atoms with Crippen LogP contribution in [-0.4, -0.2) is 24.9 Å². The van der Waals surface area contributed by atoms with Crippen molar-refractivity contribution in [2.45, 2.75) is 13.3 Å². The second kappa shape index (κ2) is 7.10. The summed E-state index contributed by atoms with van der Waals surface area (Å²) in [6.07, 6.45) is 0.172. The zero-order chi connectivity index (χ0) is 13.5. The highest BCUT2D eigenvalue weighted by molar-refractivity contribution is 9.10. The SMILES string of the molecule is CCNC(=O)CCNC(=O)c1c(F)cccc1Br. The molecular weight excluding hydrogens is 303 g/mol. The molecule has 1 aromatic rings. The third kappa shape index (κ3) is 4.10. The van der Waals surface area contributed by atoms with Gasteiger partial charge in [0.25, 0.3) is 5.91 Å². The van der Waals surface area contributed by atoms with E-state index in [4.69, 9.17) is 0 Å². The van der Waals surface area contributed by atoms with Crippen molar-refractivity contribution in [1.82, 2.24) is 10.6 Å². The van der Waals surface area contributed by atoms with Crippen LogP contribution in [0.15, 0.2) is 22.7 Å². The third-order valence-corrected chi connectivity index (χ3v) is 2.86. The minimum absolute atomic E-state index is 0.0478. The molecule has 2 amide bonds. The van der Waals surface area contributed by atoms with Gasteiger partial charge < -0.3 is 10.6 Å². The van der Waals surface area contributed by atoms with E-state index in [0.29, 0.717) is 11.0 Å². The molecule has 1 aromatic carbocycles. The van der Waals surface area contributed by atoms with Crippen LogP contribution in [0.2, 0.25) is 0 Å². The molecule has 0 aliphatic rings. The molecule has 18 heavy (non-hydrogen) atoms. The fourth-order valence-electron chi connectivity index (χ4n) is 1.38. The fourth-order valence-corrected chi connectivity index (χ4v) is 1.90. The van der Waals surface area contributed by atoms with Gasteiger partial charge in [0.05, 0.1) is 5.56 Å². The van der Waals surface area contributed by atoms with Crippen LogP contribution in [0.1, 0.15) is 23.7 Å². The summed E-state index contributed by atoms with van der Waals surface area (Å²) in [5, 5.41) is 5.11. The lowest BCUT2D eigenvalue weighted by Gasteiger charge is -2.07. The van der Waals surface area contributed by atoms with Gasteiger partial charge in [-0.2, -0.15) is 0 Å². The summed E-state index contributed by atoms with van der Waals surface area (Å²) in [6, 6.07) is 4.30. The highest BCUT2D eigenvalue weighted by atomic mass is 79.9. The highest BCUT2D eigenvalue weighted by Crippen LogP contribution is 2.19. The largest absolute Gasteiger partial charge is 0.356 e. The molecule has 0 aliphatic heterocycles. The van der Waals surface area contributed by atoms with Crippen LogP contribution >= 0.6 is 15.9 Å². The summed E-state index contributed by atoms with van der Waals surface area (Å²) in [5.41, 5.74) is -0.0478. The lowest BCUT2D eigenvalue weighted by molar-refractivity contribution is -0.120. The van der Waals surface area contributed by atoms with E-state index in [0.717, 1.165) is 0 Å². The molecule has 1 rings (SSSR count). The van der Waals surface area contributed by atoms with E-state index in [-0.39, 0.29) is 24.4 Å². The van der Waals surface area contributed by atoms with Crippen LogP contribution in [0.5, 0.6) is 0 Å². The smallest absolute Gasteiger partial charge is 0.255 e. The Morgan fingerprint density at radius 2 is 2.06 bits per heavy atom. The van der Waals surface area contributed by atoms with Crippen LogP contribution in [0.3, 0.4) is 0 Å². The number of hydrogen-bond donors (Lipinski definition) is 2. The molecule has 2 N–H and O–H groups in total. The first-order valence-electron chi connectivity index (χ1n) is 5.55. The predicted octanol–water partition coefficient (Wildman–Crippen LogP) is 1.84. The van der Waals surface area contributed by atoms with Crippen LogP contribution in [0.25, 0.3) is 0 Å². The van der Waals surface area contributed by atoms with E-state index in [1.54, 1.807) is 6.07 Å². The van der Waals surface area contributed by atoms with E-state index in [2.05, 4.69) is 26.6 Å². The predicted molar refractivity (Wildman–Crippen MR) is 69.7 cm³/mol. The second-order valence-corrected chi connectivity index (χ2v) is 4.41. The monoisotopic (exact) mass is 316 g/mol. The number of carbonyl (C=O) groups excluding carboxylic acids is 2. The van der Waals surface area contributed by atoms with Gasteiger partial charge in [0.15, 0.2) is 0 Å². The Morgan fingerprint density at radius 3 is 2.67 bits per heavy atom. The van der Waals surface area contributed by atoms with Gasteiger partial charge in [0, 0.05) is 24.0 Å².